The molecule has 10 heteroatoms. The predicted octanol–water partition coefficient (Wildman–Crippen LogP) is -1.50. The number of thioether (sulfide) groups is 1. The molecule has 6 nitrogen and oxygen atoms in total. The lowest BCUT2D eigenvalue weighted by Crippen LogP contribution is -2.60. The highest BCUT2D eigenvalue weighted by molar-refractivity contribution is 8.91. The van der Waals surface area contributed by atoms with Crippen LogP contribution in [-0.4, -0.2) is 34.2 Å². The van der Waals surface area contributed by atoms with E-state index in [0.717, 1.165) is 16.5 Å². The largest absolute Gasteiger partial charge is 0.258 e. The lowest BCUT2D eigenvalue weighted by atomic mass is 10.9. The van der Waals surface area contributed by atoms with Gasteiger partial charge in [0.05, 0.1) is 10.2 Å². The number of halogens is 1. The van der Waals surface area contributed by atoms with Gasteiger partial charge in [-0.3, -0.25) is 4.90 Å². The zero-order valence-electron chi connectivity index (χ0n) is 8.84. The highest BCUT2D eigenvalue weighted by Crippen LogP contribution is 2.44. The van der Waals surface area contributed by atoms with Gasteiger partial charge in [-0.15, -0.1) is 0 Å². The fourth-order valence-corrected chi connectivity index (χ4v) is 6.59. The van der Waals surface area contributed by atoms with E-state index in [2.05, 4.69) is 8.73 Å². The number of aliphatic imine (C=N–C) groups is 1. The summed E-state index contributed by atoms with van der Waals surface area (Å²) in [5.74, 6) is 0.825. The quantitative estimate of drug-likeness (QED) is 0.463. The van der Waals surface area contributed by atoms with Crippen molar-refractivity contribution in [3.63, 3.8) is 0 Å². The van der Waals surface area contributed by atoms with Gasteiger partial charge in [0.15, 0.2) is 8.85 Å². The first kappa shape index (κ1) is 14.7. The lowest BCUT2D eigenvalue weighted by Gasteiger charge is -2.13. The van der Waals surface area contributed by atoms with E-state index in [-0.39, 0.29) is 0 Å². The molecule has 0 fully saturated rings. The van der Waals surface area contributed by atoms with E-state index in [0.29, 0.717) is 9.49 Å². The van der Waals surface area contributed by atoms with Crippen molar-refractivity contribution in [1.82, 2.24) is 4.90 Å². The van der Waals surface area contributed by atoms with Crippen LogP contribution in [0.4, 0.5) is 0 Å². The molecule has 16 heavy (non-hydrogen) atoms. The maximum atomic E-state index is 10.5. The SMILES string of the molecule is CCSC1=NC(N(C)C)=S(O[Cl+3]([O-])([O-])[O-])S1. The van der Waals surface area contributed by atoms with Crippen LogP contribution in [0, 0.1) is 10.2 Å². The zero-order chi connectivity index (χ0) is 12.3. The van der Waals surface area contributed by atoms with Gasteiger partial charge in [-0.05, 0) is 19.8 Å². The van der Waals surface area contributed by atoms with Gasteiger partial charge < -0.3 is 0 Å². The second-order valence-electron chi connectivity index (χ2n) is 2.75. The second-order valence-corrected chi connectivity index (χ2v) is 8.31. The van der Waals surface area contributed by atoms with Crippen molar-refractivity contribution >= 4 is 41.8 Å². The summed E-state index contributed by atoms with van der Waals surface area (Å²) in [5, 5.41) is 0.452. The van der Waals surface area contributed by atoms with Gasteiger partial charge in [-0.2, -0.15) is 14.0 Å². The first-order chi connectivity index (χ1) is 7.33. The molecule has 0 saturated carbocycles. The summed E-state index contributed by atoms with van der Waals surface area (Å²) in [7, 11) is -1.01. The molecule has 0 amide bonds. The minimum Gasteiger partial charge on any atom is -0.258 e. The van der Waals surface area contributed by atoms with Crippen molar-refractivity contribution < 1.29 is 28.0 Å². The fourth-order valence-electron chi connectivity index (χ4n) is 0.776. The van der Waals surface area contributed by atoms with Crippen LogP contribution < -0.4 is 14.0 Å². The molecule has 1 aliphatic heterocycles. The molecule has 0 aromatic rings. The number of nitrogens with zero attached hydrogens (tertiary/aromatic N) is 2. The lowest BCUT2D eigenvalue weighted by molar-refractivity contribution is -1.91. The van der Waals surface area contributed by atoms with Crippen LogP contribution >= 0.6 is 32.4 Å². The molecule has 1 heterocycles. The Morgan fingerprint density at radius 1 is 1.50 bits per heavy atom. The van der Waals surface area contributed by atoms with Crippen molar-refractivity contribution in [1.29, 1.82) is 0 Å². The Morgan fingerprint density at radius 3 is 2.56 bits per heavy atom. The molecule has 0 radical (unpaired) electrons. The summed E-state index contributed by atoms with van der Waals surface area (Å²) in [4.78, 5) is 5.85. The van der Waals surface area contributed by atoms with Crippen molar-refractivity contribution in [2.75, 3.05) is 19.8 Å². The molecule has 1 rings (SSSR count). The molecule has 1 unspecified atom stereocenters. The van der Waals surface area contributed by atoms with E-state index >= 15 is 0 Å². The summed E-state index contributed by atoms with van der Waals surface area (Å²) in [6.07, 6.45) is 0. The molecule has 94 valence electrons. The normalized spacial score (nSPS) is 21.8. The first-order valence-electron chi connectivity index (χ1n) is 4.12. The maximum absolute atomic E-state index is 10.5. The third kappa shape index (κ3) is 4.51. The summed E-state index contributed by atoms with van der Waals surface area (Å²) in [6.45, 7) is 1.96. The van der Waals surface area contributed by atoms with Gasteiger partial charge in [0.25, 0.3) is 0 Å². The number of rotatable bonds is 3. The van der Waals surface area contributed by atoms with Crippen molar-refractivity contribution in [3.05, 3.63) is 0 Å². The minimum absolute atomic E-state index is 0.452. The van der Waals surface area contributed by atoms with E-state index in [9.17, 15) is 14.0 Å². The predicted molar refractivity (Wildman–Crippen MR) is 60.5 cm³/mol. The van der Waals surface area contributed by atoms with Gasteiger partial charge in [0.2, 0.25) is 9.80 Å². The average Bonchev–Trinajstić information content (AvgIpc) is 2.45. The molecule has 0 aromatic carbocycles. The second kappa shape index (κ2) is 6.03. The van der Waals surface area contributed by atoms with Crippen molar-refractivity contribution in [2.45, 2.75) is 6.92 Å². The minimum atomic E-state index is -4.43. The third-order valence-electron chi connectivity index (χ3n) is 1.27. The van der Waals surface area contributed by atoms with Crippen LogP contribution in [0.2, 0.25) is 0 Å². The van der Waals surface area contributed by atoms with E-state index in [1.54, 1.807) is 19.0 Å². The van der Waals surface area contributed by atoms with Crippen LogP contribution in [0.15, 0.2) is 4.99 Å². The molecular weight excluding hydrogens is 296 g/mol. The Kier molecular flexibility index (Phi) is 5.55. The van der Waals surface area contributed by atoms with Gasteiger partial charge in [-0.1, -0.05) is 18.7 Å². The first-order valence-corrected chi connectivity index (χ1v) is 8.83. The average molecular weight is 307 g/mol. The molecule has 0 aliphatic carbocycles. The van der Waals surface area contributed by atoms with Crippen molar-refractivity contribution in [3.8, 4) is 0 Å². The zero-order valence-corrected chi connectivity index (χ0v) is 12.0. The van der Waals surface area contributed by atoms with Crippen LogP contribution in [0.1, 0.15) is 6.92 Å². The fraction of sp³-hybridized carbons (Fsp3) is 0.667. The molecule has 0 saturated heterocycles. The van der Waals surface area contributed by atoms with E-state index in [4.69, 9.17) is 0 Å². The molecule has 0 aromatic heterocycles. The molecule has 1 aliphatic rings. The van der Waals surface area contributed by atoms with Crippen LogP contribution in [0.5, 0.6) is 0 Å². The highest BCUT2D eigenvalue weighted by atomic mass is 35.7. The van der Waals surface area contributed by atoms with Gasteiger partial charge in [-0.25, -0.2) is 4.99 Å². The Balaban J connectivity index is 2.79. The van der Waals surface area contributed by atoms with Crippen LogP contribution in [0.3, 0.4) is 0 Å². The van der Waals surface area contributed by atoms with Gasteiger partial charge in [0.1, 0.15) is 4.38 Å². The van der Waals surface area contributed by atoms with Crippen molar-refractivity contribution in [2.24, 2.45) is 4.99 Å². The van der Waals surface area contributed by atoms with E-state index < -0.39 is 20.0 Å². The van der Waals surface area contributed by atoms with E-state index in [1.807, 2.05) is 6.92 Å². The Morgan fingerprint density at radius 2 is 2.12 bits per heavy atom. The summed E-state index contributed by atoms with van der Waals surface area (Å²) in [5.41, 5.74) is 0. The van der Waals surface area contributed by atoms with Crippen LogP contribution in [-0.2, 0) is 3.74 Å². The monoisotopic (exact) mass is 306 g/mol. The summed E-state index contributed by atoms with van der Waals surface area (Å²) < 4.78 is 36.7. The maximum Gasteiger partial charge on any atom is 0.212 e. The number of hydrogen-bond acceptors (Lipinski definition) is 8. The summed E-state index contributed by atoms with van der Waals surface area (Å²) in [6, 6.07) is 0. The molecule has 0 bridgehead atoms. The standard InChI is InChI=1S/C6H11ClN2O4S3/c1-4-14-6-8-5(9(2)3)16(15-6)13-7(10,11)12/h4H2,1-3H3. The van der Waals surface area contributed by atoms with Gasteiger partial charge in [0, 0.05) is 10.8 Å². The molecule has 1 atom stereocenters. The van der Waals surface area contributed by atoms with E-state index in [1.165, 1.54) is 11.8 Å². The third-order valence-corrected chi connectivity index (χ3v) is 6.87. The Bertz CT molecular complexity index is 328. The topological polar surface area (TPSA) is 94.0 Å². The van der Waals surface area contributed by atoms with Crippen LogP contribution in [0.25, 0.3) is 0 Å². The molecule has 0 spiro atoms. The Labute approximate surface area is 106 Å². The highest BCUT2D eigenvalue weighted by Gasteiger charge is 2.32. The smallest absolute Gasteiger partial charge is 0.212 e. The number of hydrogen-bond donors (Lipinski definition) is 0. The van der Waals surface area contributed by atoms with Gasteiger partial charge >= 0.3 is 0 Å². The molecular formula is C6H11ClN2O4S3. The Hall–Kier alpha value is 0.680. The molecule has 0 N–H and O–H groups in total. The summed E-state index contributed by atoms with van der Waals surface area (Å²) >= 11 is 1.48.